The standard InChI is InChI=1S/C32H34N2O5/c1-37-28-10-5-23(15-29(28)38-2)30(35)34-27(16-26-4-3-11-39-26)31(36)33-25-8-6-24(7-9-25)32-17-20-12-21(18-32)14-22(13-20)19-32/h3-11,15-16,20-22H,12-14,17-19H2,1-2H3,(H,33,36)(H,34,35)/b27-16-. The molecule has 39 heavy (non-hydrogen) atoms. The number of nitrogens with one attached hydrogen (secondary N) is 2. The van der Waals surface area contributed by atoms with E-state index in [4.69, 9.17) is 13.9 Å². The quantitative estimate of drug-likeness (QED) is 0.343. The van der Waals surface area contributed by atoms with E-state index in [2.05, 4.69) is 22.8 Å². The number of amides is 2. The lowest BCUT2D eigenvalue weighted by Gasteiger charge is -2.57. The Labute approximate surface area is 228 Å². The van der Waals surface area contributed by atoms with Crippen molar-refractivity contribution in [2.45, 2.75) is 43.9 Å². The van der Waals surface area contributed by atoms with Gasteiger partial charge in [-0.1, -0.05) is 12.1 Å². The van der Waals surface area contributed by atoms with E-state index in [1.807, 2.05) is 12.1 Å². The van der Waals surface area contributed by atoms with Crippen LogP contribution in [0.5, 0.6) is 11.5 Å². The predicted molar refractivity (Wildman–Crippen MR) is 149 cm³/mol. The lowest BCUT2D eigenvalue weighted by atomic mass is 9.48. The first-order valence-corrected chi connectivity index (χ1v) is 13.6. The highest BCUT2D eigenvalue weighted by Gasteiger charge is 2.51. The molecule has 0 atom stereocenters. The molecule has 7 heteroatoms. The molecule has 2 N–H and O–H groups in total. The molecule has 7 rings (SSSR count). The van der Waals surface area contributed by atoms with Crippen molar-refractivity contribution in [2.75, 3.05) is 19.5 Å². The molecule has 1 aromatic heterocycles. The molecule has 0 radical (unpaired) electrons. The molecular formula is C32H34N2O5. The summed E-state index contributed by atoms with van der Waals surface area (Å²) in [6.45, 7) is 0. The van der Waals surface area contributed by atoms with Crippen LogP contribution in [-0.2, 0) is 10.2 Å². The van der Waals surface area contributed by atoms with Crippen LogP contribution in [0.4, 0.5) is 5.69 Å². The Balaban J connectivity index is 1.19. The number of anilines is 1. The first-order chi connectivity index (χ1) is 18.9. The van der Waals surface area contributed by atoms with Crippen LogP contribution in [0.1, 0.15) is 60.2 Å². The van der Waals surface area contributed by atoms with Gasteiger partial charge < -0.3 is 24.5 Å². The van der Waals surface area contributed by atoms with Gasteiger partial charge in [0.15, 0.2) is 11.5 Å². The van der Waals surface area contributed by atoms with Gasteiger partial charge in [-0.2, -0.15) is 0 Å². The van der Waals surface area contributed by atoms with Crippen molar-refractivity contribution < 1.29 is 23.5 Å². The zero-order chi connectivity index (χ0) is 27.0. The minimum Gasteiger partial charge on any atom is -0.493 e. The normalized spacial score (nSPS) is 25.3. The lowest BCUT2D eigenvalue weighted by Crippen LogP contribution is -2.48. The number of benzene rings is 2. The highest BCUT2D eigenvalue weighted by atomic mass is 16.5. The fraction of sp³-hybridized carbons (Fsp3) is 0.375. The van der Waals surface area contributed by atoms with Crippen LogP contribution in [0.3, 0.4) is 0 Å². The molecule has 0 saturated heterocycles. The summed E-state index contributed by atoms with van der Waals surface area (Å²) in [6, 6.07) is 16.6. The minimum absolute atomic E-state index is 0.0647. The molecule has 3 aromatic rings. The second-order valence-corrected chi connectivity index (χ2v) is 11.3. The number of hydrogen-bond acceptors (Lipinski definition) is 5. The van der Waals surface area contributed by atoms with E-state index < -0.39 is 11.8 Å². The van der Waals surface area contributed by atoms with E-state index >= 15 is 0 Å². The van der Waals surface area contributed by atoms with E-state index in [1.54, 1.807) is 30.3 Å². The third-order valence-corrected chi connectivity index (χ3v) is 8.76. The maximum absolute atomic E-state index is 13.4. The molecule has 0 aliphatic heterocycles. The smallest absolute Gasteiger partial charge is 0.272 e. The van der Waals surface area contributed by atoms with Gasteiger partial charge in [-0.3, -0.25) is 9.59 Å². The lowest BCUT2D eigenvalue weighted by molar-refractivity contribution is -0.113. The Morgan fingerprint density at radius 2 is 1.56 bits per heavy atom. The van der Waals surface area contributed by atoms with Gasteiger partial charge in [0.25, 0.3) is 11.8 Å². The first kappa shape index (κ1) is 25.3. The van der Waals surface area contributed by atoms with Gasteiger partial charge in [0, 0.05) is 17.3 Å². The molecule has 4 aliphatic rings. The van der Waals surface area contributed by atoms with Crippen LogP contribution in [0.25, 0.3) is 6.08 Å². The van der Waals surface area contributed by atoms with E-state index in [9.17, 15) is 9.59 Å². The van der Waals surface area contributed by atoms with E-state index in [0.717, 1.165) is 17.8 Å². The van der Waals surface area contributed by atoms with Crippen LogP contribution in [0.15, 0.2) is 71.0 Å². The zero-order valence-corrected chi connectivity index (χ0v) is 22.4. The number of methoxy groups -OCH3 is 2. The number of ether oxygens (including phenoxy) is 2. The van der Waals surface area contributed by atoms with Gasteiger partial charge in [0.2, 0.25) is 0 Å². The first-order valence-electron chi connectivity index (χ1n) is 13.6. The fourth-order valence-corrected chi connectivity index (χ4v) is 7.42. The van der Waals surface area contributed by atoms with Gasteiger partial charge in [0.1, 0.15) is 11.5 Å². The number of carbonyl (C=O) groups is 2. The molecule has 0 unspecified atom stereocenters. The van der Waals surface area contributed by atoms with Crippen LogP contribution in [0, 0.1) is 17.8 Å². The van der Waals surface area contributed by atoms with Crippen LogP contribution in [0.2, 0.25) is 0 Å². The van der Waals surface area contributed by atoms with E-state index in [-0.39, 0.29) is 5.70 Å². The number of hydrogen-bond donors (Lipinski definition) is 2. The number of furan rings is 1. The number of rotatable bonds is 8. The highest BCUT2D eigenvalue weighted by Crippen LogP contribution is 2.60. The average Bonchev–Trinajstić information content (AvgIpc) is 3.45. The molecule has 2 aromatic carbocycles. The average molecular weight is 527 g/mol. The third kappa shape index (κ3) is 5.05. The summed E-state index contributed by atoms with van der Waals surface area (Å²) in [7, 11) is 3.03. The Bertz CT molecular complexity index is 1360. The Kier molecular flexibility index (Phi) is 6.67. The summed E-state index contributed by atoms with van der Waals surface area (Å²) >= 11 is 0. The Morgan fingerprint density at radius 1 is 0.897 bits per heavy atom. The fourth-order valence-electron chi connectivity index (χ4n) is 7.42. The van der Waals surface area contributed by atoms with Crippen molar-refractivity contribution in [2.24, 2.45) is 17.8 Å². The Morgan fingerprint density at radius 3 is 2.15 bits per heavy atom. The second kappa shape index (κ2) is 10.3. The van der Waals surface area contributed by atoms with E-state index in [1.165, 1.54) is 70.6 Å². The van der Waals surface area contributed by atoms with Crippen molar-refractivity contribution in [1.82, 2.24) is 5.32 Å². The second-order valence-electron chi connectivity index (χ2n) is 11.3. The van der Waals surface area contributed by atoms with Crippen LogP contribution >= 0.6 is 0 Å². The number of carbonyl (C=O) groups excluding carboxylic acids is 2. The SMILES string of the molecule is COc1ccc(C(=O)N/C(=C\c2ccco2)C(=O)Nc2ccc(C34CC5CC(CC(C5)C3)C4)cc2)cc1OC. The molecule has 4 bridgehead atoms. The third-order valence-electron chi connectivity index (χ3n) is 8.76. The van der Waals surface area contributed by atoms with Crippen LogP contribution in [-0.4, -0.2) is 26.0 Å². The maximum atomic E-state index is 13.4. The van der Waals surface area contributed by atoms with Gasteiger partial charge in [-0.05, 0) is 110 Å². The van der Waals surface area contributed by atoms with Crippen molar-refractivity contribution in [3.63, 3.8) is 0 Å². The van der Waals surface area contributed by atoms with Crippen molar-refractivity contribution in [3.8, 4) is 11.5 Å². The summed E-state index contributed by atoms with van der Waals surface area (Å²) in [5, 5.41) is 5.68. The minimum atomic E-state index is -0.457. The summed E-state index contributed by atoms with van der Waals surface area (Å²) in [5.74, 6) is 3.10. The molecular weight excluding hydrogens is 492 g/mol. The monoisotopic (exact) mass is 526 g/mol. The molecule has 0 spiro atoms. The summed E-state index contributed by atoms with van der Waals surface area (Å²) < 4.78 is 16.0. The van der Waals surface area contributed by atoms with Crippen molar-refractivity contribution in [3.05, 3.63) is 83.4 Å². The van der Waals surface area contributed by atoms with Gasteiger partial charge in [-0.25, -0.2) is 0 Å². The summed E-state index contributed by atoms with van der Waals surface area (Å²) in [6.07, 6.45) is 11.1. The van der Waals surface area contributed by atoms with E-state index in [0.29, 0.717) is 33.9 Å². The largest absolute Gasteiger partial charge is 0.493 e. The van der Waals surface area contributed by atoms with Gasteiger partial charge >= 0.3 is 0 Å². The van der Waals surface area contributed by atoms with Crippen molar-refractivity contribution >= 4 is 23.6 Å². The zero-order valence-electron chi connectivity index (χ0n) is 22.4. The molecule has 202 valence electrons. The molecule has 4 fully saturated rings. The summed E-state index contributed by atoms with van der Waals surface area (Å²) in [4.78, 5) is 26.5. The van der Waals surface area contributed by atoms with Gasteiger partial charge in [-0.15, -0.1) is 0 Å². The molecule has 1 heterocycles. The van der Waals surface area contributed by atoms with Crippen molar-refractivity contribution in [1.29, 1.82) is 0 Å². The maximum Gasteiger partial charge on any atom is 0.272 e. The Hall–Kier alpha value is -4.00. The van der Waals surface area contributed by atoms with Gasteiger partial charge in [0.05, 0.1) is 20.5 Å². The molecule has 4 saturated carbocycles. The van der Waals surface area contributed by atoms with Crippen LogP contribution < -0.4 is 20.1 Å². The predicted octanol–water partition coefficient (Wildman–Crippen LogP) is 6.17. The molecule has 4 aliphatic carbocycles. The highest BCUT2D eigenvalue weighted by molar-refractivity contribution is 6.10. The summed E-state index contributed by atoms with van der Waals surface area (Å²) in [5.41, 5.74) is 2.77. The topological polar surface area (TPSA) is 89.8 Å². The molecule has 2 amide bonds. The molecule has 7 nitrogen and oxygen atoms in total.